The molecule has 1 aromatic heterocycles. The predicted molar refractivity (Wildman–Crippen MR) is 91.1 cm³/mol. The molecule has 23 heavy (non-hydrogen) atoms. The van der Waals surface area contributed by atoms with Crippen LogP contribution < -0.4 is 0 Å². The first-order valence-corrected chi connectivity index (χ1v) is 7.47. The van der Waals surface area contributed by atoms with Crippen LogP contribution in [0, 0.1) is 6.07 Å². The number of para-hydroxylation sites is 1. The molecule has 0 spiro atoms. The average Bonchev–Trinajstić information content (AvgIpc) is 3.09. The number of hydrogen-bond donors (Lipinski definition) is 0. The van der Waals surface area contributed by atoms with Gasteiger partial charge in [-0.15, -0.1) is 10.2 Å². The van der Waals surface area contributed by atoms with Gasteiger partial charge in [-0.25, -0.2) is 0 Å². The lowest BCUT2D eigenvalue weighted by Gasteiger charge is -2.10. The summed E-state index contributed by atoms with van der Waals surface area (Å²) in [5, 5.41) is 8.86. The van der Waals surface area contributed by atoms with Gasteiger partial charge in [0, 0.05) is 17.2 Å². The Balaban J connectivity index is 1.97. The van der Waals surface area contributed by atoms with Crippen LogP contribution >= 0.6 is 0 Å². The zero-order valence-corrected chi connectivity index (χ0v) is 12.4. The van der Waals surface area contributed by atoms with Crippen LogP contribution in [0.5, 0.6) is 0 Å². The van der Waals surface area contributed by atoms with E-state index in [9.17, 15) is 0 Å². The third-order valence-electron chi connectivity index (χ3n) is 3.66. The van der Waals surface area contributed by atoms with Crippen LogP contribution in [-0.4, -0.2) is 14.8 Å². The van der Waals surface area contributed by atoms with Gasteiger partial charge in [0.15, 0.2) is 11.6 Å². The number of benzene rings is 3. The van der Waals surface area contributed by atoms with Crippen molar-refractivity contribution in [1.29, 1.82) is 0 Å². The minimum Gasteiger partial charge on any atom is -0.274 e. The fourth-order valence-electron chi connectivity index (χ4n) is 2.58. The van der Waals surface area contributed by atoms with Crippen molar-refractivity contribution < 1.29 is 0 Å². The van der Waals surface area contributed by atoms with Crippen molar-refractivity contribution >= 4 is 0 Å². The van der Waals surface area contributed by atoms with E-state index < -0.39 is 0 Å². The van der Waals surface area contributed by atoms with Gasteiger partial charge in [-0.1, -0.05) is 78.9 Å². The van der Waals surface area contributed by atoms with Crippen molar-refractivity contribution in [1.82, 2.24) is 14.8 Å². The predicted octanol–water partition coefficient (Wildman–Crippen LogP) is 4.40. The first-order valence-electron chi connectivity index (χ1n) is 7.47. The normalized spacial score (nSPS) is 10.6. The van der Waals surface area contributed by atoms with Crippen LogP contribution in [0.15, 0.2) is 84.9 Å². The molecule has 0 aliphatic heterocycles. The quantitative estimate of drug-likeness (QED) is 0.561. The Hall–Kier alpha value is -3.20. The Kier molecular flexibility index (Phi) is 3.45. The lowest BCUT2D eigenvalue weighted by Crippen LogP contribution is -2.00. The number of nitrogens with zero attached hydrogens (tertiary/aromatic N) is 3. The van der Waals surface area contributed by atoms with E-state index in [2.05, 4.69) is 16.3 Å². The maximum atomic E-state index is 4.43. The van der Waals surface area contributed by atoms with E-state index in [0.29, 0.717) is 0 Å². The topological polar surface area (TPSA) is 30.7 Å². The molecule has 109 valence electrons. The van der Waals surface area contributed by atoms with Gasteiger partial charge >= 0.3 is 0 Å². The lowest BCUT2D eigenvalue weighted by molar-refractivity contribution is 1.07. The van der Waals surface area contributed by atoms with Crippen LogP contribution in [0.3, 0.4) is 0 Å². The number of rotatable bonds is 3. The summed E-state index contributed by atoms with van der Waals surface area (Å²) in [6.45, 7) is 0. The van der Waals surface area contributed by atoms with Crippen molar-refractivity contribution in [3.05, 3.63) is 91.0 Å². The summed E-state index contributed by atoms with van der Waals surface area (Å²) in [4.78, 5) is 0. The Morgan fingerprint density at radius 3 is 1.61 bits per heavy atom. The highest BCUT2D eigenvalue weighted by molar-refractivity contribution is 5.66. The average molecular weight is 296 g/mol. The third-order valence-corrected chi connectivity index (χ3v) is 3.66. The molecule has 0 atom stereocenters. The standard InChI is InChI=1S/C20H14N3/c1-4-10-16(11-5-1)19-21-22-20(17-12-6-2-7-13-17)23(19)18-14-8-3-9-15-18/h1-14H. The molecule has 0 bridgehead atoms. The second-order valence-electron chi connectivity index (χ2n) is 5.16. The summed E-state index contributed by atoms with van der Waals surface area (Å²) in [5.74, 6) is 1.62. The molecule has 0 unspecified atom stereocenters. The van der Waals surface area contributed by atoms with E-state index in [1.54, 1.807) is 0 Å². The molecule has 0 fully saturated rings. The molecule has 0 saturated carbocycles. The van der Waals surface area contributed by atoms with Crippen LogP contribution in [0.4, 0.5) is 0 Å². The fourth-order valence-corrected chi connectivity index (χ4v) is 2.58. The summed E-state index contributed by atoms with van der Waals surface area (Å²) in [7, 11) is 0. The molecule has 0 N–H and O–H groups in total. The molecule has 1 radical (unpaired) electrons. The summed E-state index contributed by atoms with van der Waals surface area (Å²) >= 11 is 0. The smallest absolute Gasteiger partial charge is 0.168 e. The fraction of sp³-hybridized carbons (Fsp3) is 0. The second kappa shape index (κ2) is 5.89. The largest absolute Gasteiger partial charge is 0.274 e. The highest BCUT2D eigenvalue weighted by atomic mass is 15.3. The molecule has 0 saturated heterocycles. The van der Waals surface area contributed by atoms with Crippen molar-refractivity contribution in [3.8, 4) is 28.5 Å². The Bertz CT molecular complexity index is 841. The van der Waals surface area contributed by atoms with Crippen molar-refractivity contribution in [2.75, 3.05) is 0 Å². The highest BCUT2D eigenvalue weighted by Crippen LogP contribution is 2.27. The van der Waals surface area contributed by atoms with Crippen LogP contribution in [0.25, 0.3) is 28.5 Å². The van der Waals surface area contributed by atoms with E-state index in [-0.39, 0.29) is 0 Å². The molecule has 1 heterocycles. The monoisotopic (exact) mass is 296 g/mol. The number of aromatic nitrogens is 3. The van der Waals surface area contributed by atoms with Crippen molar-refractivity contribution in [2.45, 2.75) is 0 Å². The second-order valence-corrected chi connectivity index (χ2v) is 5.16. The minimum atomic E-state index is 0.812. The van der Waals surface area contributed by atoms with Crippen LogP contribution in [0.2, 0.25) is 0 Å². The Morgan fingerprint density at radius 2 is 1.13 bits per heavy atom. The van der Waals surface area contributed by atoms with E-state index in [1.807, 2.05) is 89.5 Å². The molecule has 4 aromatic rings. The first kappa shape index (κ1) is 13.5. The molecule has 0 aliphatic rings. The molecule has 0 aliphatic carbocycles. The first-order chi connectivity index (χ1) is 11.4. The zero-order chi connectivity index (χ0) is 15.5. The summed E-state index contributed by atoms with van der Waals surface area (Å²) in [6, 6.07) is 31.3. The van der Waals surface area contributed by atoms with Gasteiger partial charge < -0.3 is 0 Å². The summed E-state index contributed by atoms with van der Waals surface area (Å²) < 4.78 is 2.05. The van der Waals surface area contributed by atoms with E-state index >= 15 is 0 Å². The zero-order valence-electron chi connectivity index (χ0n) is 12.4. The van der Waals surface area contributed by atoms with Gasteiger partial charge in [0.1, 0.15) is 0 Å². The maximum Gasteiger partial charge on any atom is 0.168 e. The van der Waals surface area contributed by atoms with Gasteiger partial charge in [-0.2, -0.15) is 0 Å². The molecule has 0 amide bonds. The number of hydrogen-bond acceptors (Lipinski definition) is 2. The third kappa shape index (κ3) is 2.53. The maximum absolute atomic E-state index is 4.43. The molecular formula is C20H14N3. The minimum absolute atomic E-state index is 0.812. The van der Waals surface area contributed by atoms with Gasteiger partial charge in [0.05, 0.1) is 5.69 Å². The van der Waals surface area contributed by atoms with Gasteiger partial charge in [0.25, 0.3) is 0 Å². The van der Waals surface area contributed by atoms with Gasteiger partial charge in [-0.3, -0.25) is 4.57 Å². The van der Waals surface area contributed by atoms with Gasteiger partial charge in [0.2, 0.25) is 0 Å². The Morgan fingerprint density at radius 1 is 0.609 bits per heavy atom. The molecular weight excluding hydrogens is 282 g/mol. The van der Waals surface area contributed by atoms with Crippen LogP contribution in [0.1, 0.15) is 0 Å². The van der Waals surface area contributed by atoms with Crippen molar-refractivity contribution in [2.24, 2.45) is 0 Å². The lowest BCUT2D eigenvalue weighted by atomic mass is 10.1. The summed E-state index contributed by atoms with van der Waals surface area (Å²) in [6.07, 6.45) is 0. The van der Waals surface area contributed by atoms with Crippen LogP contribution in [-0.2, 0) is 0 Å². The molecule has 4 rings (SSSR count). The van der Waals surface area contributed by atoms with E-state index in [1.165, 1.54) is 0 Å². The van der Waals surface area contributed by atoms with E-state index in [0.717, 1.165) is 28.5 Å². The van der Waals surface area contributed by atoms with Gasteiger partial charge in [-0.05, 0) is 6.07 Å². The van der Waals surface area contributed by atoms with Crippen molar-refractivity contribution in [3.63, 3.8) is 0 Å². The highest BCUT2D eigenvalue weighted by Gasteiger charge is 2.16. The summed E-state index contributed by atoms with van der Waals surface area (Å²) in [5.41, 5.74) is 2.98. The van der Waals surface area contributed by atoms with E-state index in [4.69, 9.17) is 0 Å². The molecule has 3 heteroatoms. The Labute approximate surface area is 134 Å². The molecule has 3 nitrogen and oxygen atoms in total. The molecule has 3 aromatic carbocycles. The SMILES string of the molecule is [c]1ccccc1-n1c(-c2ccccc2)nnc1-c1ccccc1.